The highest BCUT2D eigenvalue weighted by molar-refractivity contribution is 5.87. The van der Waals surface area contributed by atoms with E-state index in [1.807, 2.05) is 27.7 Å². The fourth-order valence-corrected chi connectivity index (χ4v) is 2.16. The maximum Gasteiger partial charge on any atom is 0.241 e. The van der Waals surface area contributed by atoms with Crippen LogP contribution in [0, 0.1) is 12.8 Å². The maximum absolute atomic E-state index is 12.2. The van der Waals surface area contributed by atoms with Gasteiger partial charge in [0.2, 0.25) is 11.8 Å². The van der Waals surface area contributed by atoms with Crippen molar-refractivity contribution in [3.8, 4) is 0 Å². The number of halogens is 1. The molecular formula is C18H30ClN3O2. The van der Waals surface area contributed by atoms with Gasteiger partial charge < -0.3 is 16.0 Å². The molecule has 5 nitrogen and oxygen atoms in total. The molecule has 0 bridgehead atoms. The summed E-state index contributed by atoms with van der Waals surface area (Å²) >= 11 is 0. The number of nitrogens with zero attached hydrogens (tertiary/aromatic N) is 1. The second-order valence-electron chi connectivity index (χ2n) is 6.53. The zero-order chi connectivity index (χ0) is 17.6. The molecule has 3 N–H and O–H groups in total. The fourth-order valence-electron chi connectivity index (χ4n) is 2.16. The molecule has 0 aromatic heterocycles. The van der Waals surface area contributed by atoms with E-state index < -0.39 is 6.04 Å². The summed E-state index contributed by atoms with van der Waals surface area (Å²) in [5.41, 5.74) is 8.17. The molecule has 0 heterocycles. The van der Waals surface area contributed by atoms with E-state index in [1.54, 1.807) is 11.9 Å². The summed E-state index contributed by atoms with van der Waals surface area (Å²) in [5, 5.41) is 2.62. The van der Waals surface area contributed by atoms with Crippen molar-refractivity contribution >= 4 is 24.2 Å². The van der Waals surface area contributed by atoms with Gasteiger partial charge in [0.1, 0.15) is 0 Å². The van der Waals surface area contributed by atoms with Gasteiger partial charge in [0, 0.05) is 13.1 Å². The third-order valence-electron chi connectivity index (χ3n) is 4.14. The van der Waals surface area contributed by atoms with Gasteiger partial charge in [-0.15, -0.1) is 12.4 Å². The number of nitrogens with one attached hydrogen (secondary N) is 1. The van der Waals surface area contributed by atoms with Crippen LogP contribution in [0.3, 0.4) is 0 Å². The van der Waals surface area contributed by atoms with Crippen molar-refractivity contribution in [2.24, 2.45) is 11.7 Å². The number of carbonyl (C=O) groups is 2. The topological polar surface area (TPSA) is 75.4 Å². The van der Waals surface area contributed by atoms with Gasteiger partial charge in [0.25, 0.3) is 0 Å². The summed E-state index contributed by atoms with van der Waals surface area (Å²) in [6.07, 6.45) is 0.780. The summed E-state index contributed by atoms with van der Waals surface area (Å²) in [6, 6.07) is 7.76. The van der Waals surface area contributed by atoms with Crippen LogP contribution >= 0.6 is 12.4 Å². The molecule has 0 radical (unpaired) electrons. The first-order chi connectivity index (χ1) is 10.7. The Labute approximate surface area is 151 Å². The number of carbonyl (C=O) groups excluding carboxylic acids is 2. The molecule has 0 aliphatic rings. The summed E-state index contributed by atoms with van der Waals surface area (Å²) < 4.78 is 0. The van der Waals surface area contributed by atoms with E-state index in [0.717, 1.165) is 6.42 Å². The van der Waals surface area contributed by atoms with Crippen molar-refractivity contribution in [3.05, 3.63) is 35.4 Å². The van der Waals surface area contributed by atoms with Gasteiger partial charge in [-0.2, -0.15) is 0 Å². The molecule has 0 spiro atoms. The Morgan fingerprint density at radius 3 is 2.21 bits per heavy atom. The quantitative estimate of drug-likeness (QED) is 0.784. The molecule has 1 aromatic carbocycles. The number of hydrogen-bond donors (Lipinski definition) is 2. The van der Waals surface area contributed by atoms with E-state index in [1.165, 1.54) is 11.1 Å². The molecule has 1 aromatic rings. The van der Waals surface area contributed by atoms with Crippen LogP contribution in [0.2, 0.25) is 0 Å². The van der Waals surface area contributed by atoms with E-state index in [4.69, 9.17) is 5.73 Å². The number of amides is 2. The summed E-state index contributed by atoms with van der Waals surface area (Å²) in [7, 11) is 1.76. The number of aryl methyl sites for hydroxylation is 1. The normalized spacial score (nSPS) is 13.0. The van der Waals surface area contributed by atoms with E-state index in [-0.39, 0.29) is 42.7 Å². The second kappa shape index (κ2) is 10.3. The van der Waals surface area contributed by atoms with Gasteiger partial charge in [-0.3, -0.25) is 9.59 Å². The van der Waals surface area contributed by atoms with Crippen molar-refractivity contribution in [1.82, 2.24) is 10.2 Å². The Kier molecular flexibility index (Phi) is 9.63. The highest BCUT2D eigenvalue weighted by Crippen LogP contribution is 2.09. The maximum atomic E-state index is 12.2. The zero-order valence-corrected chi connectivity index (χ0v) is 16.0. The molecule has 2 amide bonds. The molecule has 0 saturated carbocycles. The van der Waals surface area contributed by atoms with Crippen molar-refractivity contribution in [2.45, 2.75) is 46.2 Å². The molecule has 6 heteroatoms. The van der Waals surface area contributed by atoms with Crippen LogP contribution in [0.4, 0.5) is 0 Å². The summed E-state index contributed by atoms with van der Waals surface area (Å²) in [6.45, 7) is 7.78. The third kappa shape index (κ3) is 6.89. The standard InChI is InChI=1S/C18H29N3O2.ClH/c1-12(2)17(19)18(23)20-11-16(22)21(5)14(4)10-15-8-6-13(3)7-9-15;/h6-9,12,14,17H,10-11,19H2,1-5H3,(H,20,23);1H/t14?,17-;/m0./s1. The highest BCUT2D eigenvalue weighted by Gasteiger charge is 2.20. The first-order valence-electron chi connectivity index (χ1n) is 8.06. The van der Waals surface area contributed by atoms with Gasteiger partial charge in [-0.1, -0.05) is 43.7 Å². The summed E-state index contributed by atoms with van der Waals surface area (Å²) in [4.78, 5) is 25.7. The van der Waals surface area contributed by atoms with Crippen LogP contribution in [-0.2, 0) is 16.0 Å². The van der Waals surface area contributed by atoms with E-state index in [2.05, 4.69) is 29.6 Å². The van der Waals surface area contributed by atoms with Gasteiger partial charge >= 0.3 is 0 Å². The first kappa shape index (κ1) is 22.4. The van der Waals surface area contributed by atoms with Crippen molar-refractivity contribution < 1.29 is 9.59 Å². The predicted octanol–water partition coefficient (Wildman–Crippen LogP) is 1.91. The Morgan fingerprint density at radius 2 is 1.71 bits per heavy atom. The average Bonchev–Trinajstić information content (AvgIpc) is 2.52. The van der Waals surface area contributed by atoms with Gasteiger partial charge in [-0.25, -0.2) is 0 Å². The van der Waals surface area contributed by atoms with Crippen LogP contribution in [0.1, 0.15) is 31.9 Å². The third-order valence-corrected chi connectivity index (χ3v) is 4.14. The predicted molar refractivity (Wildman–Crippen MR) is 100 cm³/mol. The molecular weight excluding hydrogens is 326 g/mol. The van der Waals surface area contributed by atoms with Crippen LogP contribution in [0.25, 0.3) is 0 Å². The highest BCUT2D eigenvalue weighted by atomic mass is 35.5. The lowest BCUT2D eigenvalue weighted by Crippen LogP contribution is -2.48. The van der Waals surface area contributed by atoms with Crippen LogP contribution in [0.15, 0.2) is 24.3 Å². The number of likely N-dealkylation sites (N-methyl/N-ethyl adjacent to an activating group) is 1. The lowest BCUT2D eigenvalue weighted by Gasteiger charge is -2.26. The molecule has 0 fully saturated rings. The lowest BCUT2D eigenvalue weighted by atomic mass is 10.0. The Morgan fingerprint density at radius 1 is 1.17 bits per heavy atom. The molecule has 136 valence electrons. The first-order valence-corrected chi connectivity index (χ1v) is 8.06. The molecule has 1 unspecified atom stereocenters. The van der Waals surface area contributed by atoms with Crippen LogP contribution < -0.4 is 11.1 Å². The largest absolute Gasteiger partial charge is 0.346 e. The minimum absolute atomic E-state index is 0. The molecule has 24 heavy (non-hydrogen) atoms. The lowest BCUT2D eigenvalue weighted by molar-refractivity contribution is -0.133. The number of rotatable bonds is 7. The molecule has 0 saturated heterocycles. The van der Waals surface area contributed by atoms with Gasteiger partial charge in [0.05, 0.1) is 12.6 Å². The van der Waals surface area contributed by atoms with Crippen molar-refractivity contribution in [3.63, 3.8) is 0 Å². The van der Waals surface area contributed by atoms with E-state index >= 15 is 0 Å². The monoisotopic (exact) mass is 355 g/mol. The van der Waals surface area contributed by atoms with E-state index in [0.29, 0.717) is 0 Å². The minimum Gasteiger partial charge on any atom is -0.346 e. The molecule has 0 aliphatic carbocycles. The smallest absolute Gasteiger partial charge is 0.241 e. The van der Waals surface area contributed by atoms with E-state index in [9.17, 15) is 9.59 Å². The molecule has 2 atom stereocenters. The average molecular weight is 356 g/mol. The van der Waals surface area contributed by atoms with Crippen LogP contribution in [-0.4, -0.2) is 42.4 Å². The SMILES string of the molecule is Cc1ccc(CC(C)N(C)C(=O)CNC(=O)[C@@H](N)C(C)C)cc1.Cl. The van der Waals surface area contributed by atoms with Gasteiger partial charge in [0.15, 0.2) is 0 Å². The number of benzene rings is 1. The zero-order valence-electron chi connectivity index (χ0n) is 15.2. The Balaban J connectivity index is 0.00000529. The van der Waals surface area contributed by atoms with Crippen LogP contribution in [0.5, 0.6) is 0 Å². The molecule has 1 rings (SSSR count). The molecule has 0 aliphatic heterocycles. The Bertz CT molecular complexity index is 532. The second-order valence-corrected chi connectivity index (χ2v) is 6.53. The fraction of sp³-hybridized carbons (Fsp3) is 0.556. The van der Waals surface area contributed by atoms with Gasteiger partial charge in [-0.05, 0) is 31.7 Å². The number of nitrogens with two attached hydrogens (primary N) is 1. The minimum atomic E-state index is -0.585. The van der Waals surface area contributed by atoms with Crippen molar-refractivity contribution in [1.29, 1.82) is 0 Å². The van der Waals surface area contributed by atoms with Crippen molar-refractivity contribution in [2.75, 3.05) is 13.6 Å². The number of hydrogen-bond acceptors (Lipinski definition) is 3. The Hall–Kier alpha value is -1.59. The summed E-state index contributed by atoms with van der Waals surface area (Å²) in [5.74, 6) is -0.356.